The Morgan fingerprint density at radius 2 is 0.930 bits per heavy atom. The quantitative estimate of drug-likeness (QED) is 0.173. The van der Waals surface area contributed by atoms with Crippen molar-refractivity contribution in [3.63, 3.8) is 0 Å². The van der Waals surface area contributed by atoms with Gasteiger partial charge in [0.05, 0.1) is 28.9 Å². The third-order valence-corrected chi connectivity index (χ3v) is 11.4. The summed E-state index contributed by atoms with van der Waals surface area (Å²) in [5.41, 5.74) is 12.9. The van der Waals surface area contributed by atoms with Crippen molar-refractivity contribution in [2.24, 2.45) is 0 Å². The second-order valence-corrected chi connectivity index (χ2v) is 14.5. The number of aromatic nitrogens is 2. The fourth-order valence-electron chi connectivity index (χ4n) is 8.85. The van der Waals surface area contributed by atoms with Gasteiger partial charge >= 0.3 is 0 Å². The van der Waals surface area contributed by atoms with Gasteiger partial charge in [0, 0.05) is 43.7 Å². The van der Waals surface area contributed by atoms with Crippen LogP contribution in [0.3, 0.4) is 0 Å². The first-order valence-electron chi connectivity index (χ1n) is 21.6. The topological polar surface area (TPSA) is 23.0 Å². The first-order chi connectivity index (χ1) is 30.3. The Labute approximate surface area is 335 Å². The maximum absolute atomic E-state index is 8.77. The van der Waals surface area contributed by atoms with E-state index in [4.69, 9.17) is 11.3 Å². The van der Waals surface area contributed by atoms with E-state index in [9.17, 15) is 0 Å². The highest BCUT2D eigenvalue weighted by Crippen LogP contribution is 2.41. The average Bonchev–Trinajstić information content (AvgIpc) is 3.98. The summed E-state index contributed by atoms with van der Waals surface area (Å²) in [6.07, 6.45) is 0. The van der Waals surface area contributed by atoms with Crippen LogP contribution in [0.25, 0.3) is 110 Å². The molecule has 0 aliphatic carbocycles. The van der Waals surface area contributed by atoms with Gasteiger partial charge in [0.1, 0.15) is 11.2 Å². The molecule has 0 unspecified atom stereocenters. The molecule has 3 nitrogen and oxygen atoms in total. The molecule has 3 heteroatoms. The molecule has 12 aromatic rings. The number of furan rings is 1. The summed E-state index contributed by atoms with van der Waals surface area (Å²) in [5.74, 6) is 0. The highest BCUT2D eigenvalue weighted by molar-refractivity contribution is 6.15. The summed E-state index contributed by atoms with van der Waals surface area (Å²) in [6.45, 7) is 0. The molecule has 0 bridgehead atoms. The Morgan fingerprint density at radius 1 is 0.351 bits per heavy atom. The second kappa shape index (κ2) is 12.5. The van der Waals surface area contributed by atoms with Crippen molar-refractivity contribution in [3.05, 3.63) is 206 Å². The first kappa shape index (κ1) is 27.0. The molecule has 3 heterocycles. The molecule has 0 atom stereocenters. The standard InChI is InChI=1S/C54H34N2O/c1-4-13-35(14-5-1)37-23-27-50-45(31-37)46-33-39(25-29-51(46)55(50)40-17-8-3-9-18-40)38-24-28-49-44(32-38)43-19-10-11-21-48(43)56(49)41-26-30-52-47(34-41)54-42(20-12-22-53(54)57-52)36-15-6-2-7-16-36/h1-34H/i2D,6D,7D,15D,16D. The summed E-state index contributed by atoms with van der Waals surface area (Å²) in [7, 11) is 0. The third kappa shape index (κ3) is 4.92. The van der Waals surface area contributed by atoms with Crippen LogP contribution in [-0.4, -0.2) is 9.13 Å². The SMILES string of the molecule is [2H]c1c([2H])c([2H])c(-c2cccc3oc4ccc(-n5c6ccccc6c6cc(-c7ccc8c(c7)c7cc(-c9ccccc9)ccc7n8-c7ccccc7)ccc65)cc4c23)c([2H])c1[2H]. The molecule has 0 saturated heterocycles. The van der Waals surface area contributed by atoms with Crippen LogP contribution in [0.5, 0.6) is 0 Å². The molecule has 0 aliphatic rings. The molecule has 3 aromatic heterocycles. The van der Waals surface area contributed by atoms with Crippen LogP contribution in [-0.2, 0) is 0 Å². The second-order valence-electron chi connectivity index (χ2n) is 14.5. The van der Waals surface area contributed by atoms with E-state index < -0.39 is 6.04 Å². The van der Waals surface area contributed by atoms with Crippen molar-refractivity contribution >= 4 is 65.6 Å². The van der Waals surface area contributed by atoms with E-state index in [1.165, 1.54) is 21.9 Å². The summed E-state index contributed by atoms with van der Waals surface area (Å²) < 4.78 is 53.4. The highest BCUT2D eigenvalue weighted by atomic mass is 16.3. The molecule has 0 N–H and O–H groups in total. The molecule has 9 aromatic carbocycles. The fourth-order valence-corrected chi connectivity index (χ4v) is 8.85. The number of nitrogens with zero attached hydrogens (tertiary/aromatic N) is 2. The monoisotopic (exact) mass is 731 g/mol. The lowest BCUT2D eigenvalue weighted by Crippen LogP contribution is -1.93. The molecule has 0 spiro atoms. The van der Waals surface area contributed by atoms with E-state index in [1.807, 2.05) is 12.1 Å². The predicted octanol–water partition coefficient (Wildman–Crippen LogP) is 14.8. The zero-order chi connectivity index (χ0) is 41.8. The number of rotatable bonds is 5. The van der Waals surface area contributed by atoms with Crippen LogP contribution in [0.1, 0.15) is 6.85 Å². The van der Waals surface area contributed by atoms with Crippen molar-refractivity contribution < 1.29 is 11.3 Å². The zero-order valence-electron chi connectivity index (χ0n) is 35.5. The Morgan fingerprint density at radius 3 is 1.63 bits per heavy atom. The molecule has 0 radical (unpaired) electrons. The molecular weight excluding hydrogens is 693 g/mol. The summed E-state index contributed by atoms with van der Waals surface area (Å²) in [4.78, 5) is 0. The molecule has 12 rings (SSSR count). The van der Waals surface area contributed by atoms with Crippen molar-refractivity contribution in [1.29, 1.82) is 0 Å². The predicted molar refractivity (Wildman–Crippen MR) is 239 cm³/mol. The minimum Gasteiger partial charge on any atom is -0.456 e. The summed E-state index contributed by atoms with van der Waals surface area (Å²) in [5, 5.41) is 6.11. The van der Waals surface area contributed by atoms with Crippen LogP contribution in [0.2, 0.25) is 0 Å². The van der Waals surface area contributed by atoms with E-state index in [0.717, 1.165) is 60.7 Å². The van der Waals surface area contributed by atoms with E-state index in [0.29, 0.717) is 22.1 Å². The van der Waals surface area contributed by atoms with Gasteiger partial charge in [0.25, 0.3) is 0 Å². The number of hydrogen-bond acceptors (Lipinski definition) is 1. The van der Waals surface area contributed by atoms with E-state index in [2.05, 4.69) is 161 Å². The largest absolute Gasteiger partial charge is 0.456 e. The Kier molecular flexibility index (Phi) is 5.91. The lowest BCUT2D eigenvalue weighted by molar-refractivity contribution is 0.669. The minimum absolute atomic E-state index is 0.151. The lowest BCUT2D eigenvalue weighted by Gasteiger charge is -2.10. The van der Waals surface area contributed by atoms with Crippen LogP contribution in [0.4, 0.5) is 0 Å². The van der Waals surface area contributed by atoms with Gasteiger partial charge in [-0.1, -0.05) is 127 Å². The Hall–Kier alpha value is -7.62. The van der Waals surface area contributed by atoms with Crippen molar-refractivity contribution in [2.45, 2.75) is 0 Å². The molecule has 0 saturated carbocycles. The van der Waals surface area contributed by atoms with Crippen molar-refractivity contribution in [2.75, 3.05) is 0 Å². The fraction of sp³-hybridized carbons (Fsp3) is 0. The summed E-state index contributed by atoms with van der Waals surface area (Å²) >= 11 is 0. The molecule has 266 valence electrons. The van der Waals surface area contributed by atoms with Crippen LogP contribution in [0.15, 0.2) is 211 Å². The Bertz CT molecular complexity index is 3780. The van der Waals surface area contributed by atoms with Crippen LogP contribution < -0.4 is 0 Å². The normalized spacial score (nSPS) is 13.1. The smallest absolute Gasteiger partial charge is 0.136 e. The maximum Gasteiger partial charge on any atom is 0.136 e. The minimum atomic E-state index is -0.418. The van der Waals surface area contributed by atoms with Gasteiger partial charge in [-0.2, -0.15) is 0 Å². The summed E-state index contributed by atoms with van der Waals surface area (Å²) in [6, 6.07) is 59.7. The molecular formula is C54H34N2O. The zero-order valence-corrected chi connectivity index (χ0v) is 30.5. The first-order valence-corrected chi connectivity index (χ1v) is 19.1. The number of para-hydroxylation sites is 2. The van der Waals surface area contributed by atoms with Gasteiger partial charge < -0.3 is 13.6 Å². The van der Waals surface area contributed by atoms with Crippen LogP contribution in [0, 0.1) is 0 Å². The van der Waals surface area contributed by atoms with Gasteiger partial charge in [0.15, 0.2) is 0 Å². The van der Waals surface area contributed by atoms with Gasteiger partial charge in [-0.25, -0.2) is 0 Å². The van der Waals surface area contributed by atoms with Gasteiger partial charge in [-0.05, 0) is 112 Å². The van der Waals surface area contributed by atoms with Crippen molar-refractivity contribution in [3.8, 4) is 44.8 Å². The number of hydrogen-bond donors (Lipinski definition) is 0. The van der Waals surface area contributed by atoms with Gasteiger partial charge in [-0.3, -0.25) is 0 Å². The van der Waals surface area contributed by atoms with E-state index in [1.54, 1.807) is 12.1 Å². The van der Waals surface area contributed by atoms with E-state index in [-0.39, 0.29) is 29.7 Å². The molecule has 0 fully saturated rings. The third-order valence-electron chi connectivity index (χ3n) is 11.4. The Balaban J connectivity index is 1.04. The van der Waals surface area contributed by atoms with Gasteiger partial charge in [0.2, 0.25) is 0 Å². The molecule has 0 aliphatic heterocycles. The molecule has 57 heavy (non-hydrogen) atoms. The average molecular weight is 732 g/mol. The number of fused-ring (bicyclic) bond motifs is 9. The van der Waals surface area contributed by atoms with E-state index >= 15 is 0 Å². The number of benzene rings is 9. The van der Waals surface area contributed by atoms with Crippen molar-refractivity contribution in [1.82, 2.24) is 9.13 Å². The maximum atomic E-state index is 8.77. The van der Waals surface area contributed by atoms with Crippen LogP contribution >= 0.6 is 0 Å². The molecule has 0 amide bonds. The van der Waals surface area contributed by atoms with Gasteiger partial charge in [-0.15, -0.1) is 0 Å². The highest BCUT2D eigenvalue weighted by Gasteiger charge is 2.19. The lowest BCUT2D eigenvalue weighted by atomic mass is 9.99.